The SMILES string of the molecule is C=CCc1c(OCCCOc2ccc(C(C)=O)c(O)c2CCC)ccc2oc(C(=O)O)cc12.[Na+]. The van der Waals surface area contributed by atoms with Gasteiger partial charge in [-0.25, -0.2) is 4.79 Å². The van der Waals surface area contributed by atoms with E-state index in [0.717, 1.165) is 12.0 Å². The van der Waals surface area contributed by atoms with E-state index < -0.39 is 5.97 Å². The molecule has 0 saturated carbocycles. The van der Waals surface area contributed by atoms with Crippen LogP contribution in [0.3, 0.4) is 0 Å². The van der Waals surface area contributed by atoms with Crippen molar-refractivity contribution in [3.63, 3.8) is 0 Å². The van der Waals surface area contributed by atoms with Gasteiger partial charge in [0.05, 0.1) is 18.8 Å². The summed E-state index contributed by atoms with van der Waals surface area (Å²) in [6, 6.07) is 8.25. The molecule has 3 rings (SSSR count). The van der Waals surface area contributed by atoms with Gasteiger partial charge >= 0.3 is 35.5 Å². The molecule has 0 aliphatic rings. The predicted octanol–water partition coefficient (Wildman–Crippen LogP) is 2.57. The zero-order valence-electron chi connectivity index (χ0n) is 19.8. The van der Waals surface area contributed by atoms with Crippen molar-refractivity contribution in [2.24, 2.45) is 0 Å². The van der Waals surface area contributed by atoms with Crippen molar-refractivity contribution >= 4 is 22.7 Å². The molecule has 0 fully saturated rings. The zero-order valence-corrected chi connectivity index (χ0v) is 21.8. The monoisotopic (exact) mass is 475 g/mol. The molecule has 34 heavy (non-hydrogen) atoms. The van der Waals surface area contributed by atoms with E-state index >= 15 is 0 Å². The van der Waals surface area contributed by atoms with Crippen molar-refractivity contribution < 1.29 is 63.3 Å². The van der Waals surface area contributed by atoms with Crippen LogP contribution in [-0.2, 0) is 12.8 Å². The Hall–Kier alpha value is -2.74. The maximum atomic E-state index is 11.7. The molecule has 0 saturated heterocycles. The summed E-state index contributed by atoms with van der Waals surface area (Å²) < 4.78 is 17.2. The number of fused-ring (bicyclic) bond motifs is 1. The Bertz CT molecular complexity index is 1180. The number of aromatic carboxylic acids is 1. The van der Waals surface area contributed by atoms with Gasteiger partial charge in [0.25, 0.3) is 0 Å². The van der Waals surface area contributed by atoms with E-state index in [4.69, 9.17) is 13.9 Å². The number of Topliss-reactive ketones (excluding diaryl/α,β-unsaturated/α-hetero) is 1. The van der Waals surface area contributed by atoms with Crippen LogP contribution in [0.15, 0.2) is 47.4 Å². The topological polar surface area (TPSA) is 106 Å². The van der Waals surface area contributed by atoms with Gasteiger partial charge in [-0.2, -0.15) is 0 Å². The van der Waals surface area contributed by atoms with Gasteiger partial charge in [-0.3, -0.25) is 4.79 Å². The normalized spacial score (nSPS) is 10.5. The third kappa shape index (κ3) is 6.23. The minimum Gasteiger partial charge on any atom is -0.507 e. The number of ether oxygens (including phenoxy) is 2. The number of hydrogen-bond acceptors (Lipinski definition) is 6. The molecule has 0 radical (unpaired) electrons. The molecule has 7 nitrogen and oxygen atoms in total. The van der Waals surface area contributed by atoms with E-state index in [-0.39, 0.29) is 46.9 Å². The summed E-state index contributed by atoms with van der Waals surface area (Å²) in [6.07, 6.45) is 4.22. The van der Waals surface area contributed by atoms with Crippen LogP contribution in [0.4, 0.5) is 0 Å². The number of benzene rings is 2. The van der Waals surface area contributed by atoms with Crippen molar-refractivity contribution in [1.82, 2.24) is 0 Å². The fourth-order valence-corrected chi connectivity index (χ4v) is 3.70. The number of phenols is 1. The van der Waals surface area contributed by atoms with Crippen molar-refractivity contribution in [3.8, 4) is 17.2 Å². The molecule has 0 atom stereocenters. The van der Waals surface area contributed by atoms with Gasteiger partial charge in [-0.1, -0.05) is 19.4 Å². The van der Waals surface area contributed by atoms with Gasteiger partial charge in [0.1, 0.15) is 22.8 Å². The number of carboxylic acids is 1. The Morgan fingerprint density at radius 2 is 1.74 bits per heavy atom. The average molecular weight is 475 g/mol. The molecule has 174 valence electrons. The van der Waals surface area contributed by atoms with Crippen molar-refractivity contribution in [3.05, 3.63) is 65.4 Å². The largest absolute Gasteiger partial charge is 1.00 e. The van der Waals surface area contributed by atoms with Gasteiger partial charge in [-0.05, 0) is 50.1 Å². The Balaban J connectivity index is 0.00000408. The molecule has 0 bridgehead atoms. The van der Waals surface area contributed by atoms with Gasteiger partial charge in [0.15, 0.2) is 5.78 Å². The van der Waals surface area contributed by atoms with E-state index in [0.29, 0.717) is 66.1 Å². The van der Waals surface area contributed by atoms with Crippen LogP contribution in [0.1, 0.15) is 58.7 Å². The minimum absolute atomic E-state index is 0. The minimum atomic E-state index is -1.12. The summed E-state index contributed by atoms with van der Waals surface area (Å²) in [6.45, 7) is 7.93. The molecule has 8 heteroatoms. The number of hydrogen-bond donors (Lipinski definition) is 2. The van der Waals surface area contributed by atoms with Crippen molar-refractivity contribution in [2.75, 3.05) is 13.2 Å². The summed E-state index contributed by atoms with van der Waals surface area (Å²) in [5.74, 6) is -0.252. The maximum Gasteiger partial charge on any atom is 1.00 e. The molecule has 0 amide bonds. The van der Waals surface area contributed by atoms with Gasteiger partial charge < -0.3 is 24.1 Å². The van der Waals surface area contributed by atoms with E-state index in [1.165, 1.54) is 13.0 Å². The number of carbonyl (C=O) groups is 2. The van der Waals surface area contributed by atoms with Crippen LogP contribution in [-0.4, -0.2) is 35.2 Å². The van der Waals surface area contributed by atoms with Crippen LogP contribution in [0.25, 0.3) is 11.0 Å². The van der Waals surface area contributed by atoms with Gasteiger partial charge in [0.2, 0.25) is 5.76 Å². The molecule has 2 N–H and O–H groups in total. The number of carbonyl (C=O) groups excluding carboxylic acids is 1. The van der Waals surface area contributed by atoms with Crippen molar-refractivity contribution in [1.29, 1.82) is 0 Å². The summed E-state index contributed by atoms with van der Waals surface area (Å²) in [7, 11) is 0. The number of phenolic OH excluding ortho intramolecular Hbond substituents is 1. The quantitative estimate of drug-likeness (QED) is 0.180. The van der Waals surface area contributed by atoms with Crippen LogP contribution >= 0.6 is 0 Å². The van der Waals surface area contributed by atoms with E-state index in [2.05, 4.69) is 6.58 Å². The first-order chi connectivity index (χ1) is 15.9. The predicted molar refractivity (Wildman–Crippen MR) is 125 cm³/mol. The number of ketones is 1. The molecule has 0 spiro atoms. The summed E-state index contributed by atoms with van der Waals surface area (Å²) in [5, 5.41) is 20.3. The molecule has 1 aromatic heterocycles. The Morgan fingerprint density at radius 1 is 1.09 bits per heavy atom. The fourth-order valence-electron chi connectivity index (χ4n) is 3.70. The maximum absolute atomic E-state index is 11.7. The first-order valence-electron chi connectivity index (χ1n) is 10.9. The van der Waals surface area contributed by atoms with Crippen LogP contribution in [0.2, 0.25) is 0 Å². The summed E-state index contributed by atoms with van der Waals surface area (Å²) in [5.41, 5.74) is 2.23. The van der Waals surface area contributed by atoms with Crippen LogP contribution in [0.5, 0.6) is 17.2 Å². The number of rotatable bonds is 12. The Morgan fingerprint density at radius 3 is 2.32 bits per heavy atom. The van der Waals surface area contributed by atoms with Crippen molar-refractivity contribution in [2.45, 2.75) is 39.5 Å². The Labute approximate surface area is 220 Å². The smallest absolute Gasteiger partial charge is 0.507 e. The number of allylic oxidation sites excluding steroid dienone is 1. The number of carboxylic acid groups (broad SMARTS) is 1. The second kappa shape index (κ2) is 12.6. The third-order valence-corrected chi connectivity index (χ3v) is 5.25. The van der Waals surface area contributed by atoms with Crippen LogP contribution < -0.4 is 39.0 Å². The second-order valence-electron chi connectivity index (χ2n) is 7.66. The summed E-state index contributed by atoms with van der Waals surface area (Å²) >= 11 is 0. The molecule has 0 aliphatic carbocycles. The third-order valence-electron chi connectivity index (χ3n) is 5.25. The van der Waals surface area contributed by atoms with E-state index in [9.17, 15) is 19.8 Å². The molecular formula is C26H28NaO7+. The standard InChI is InChI=1S/C26H28O7.Na/c1-4-7-18-20-15-24(26(29)30)33-23(20)12-11-21(18)31-13-6-14-32-22-10-9-17(16(3)27)25(28)19(22)8-5-2;/h4,9-12,15,28H,1,5-8,13-14H2,2-3H3,(H,29,30);/q;+1. The Kier molecular flexibility index (Phi) is 10.2. The van der Waals surface area contributed by atoms with E-state index in [1.807, 2.05) is 6.92 Å². The average Bonchev–Trinajstić information content (AvgIpc) is 3.22. The zero-order chi connectivity index (χ0) is 24.0. The van der Waals surface area contributed by atoms with Crippen LogP contribution in [0, 0.1) is 0 Å². The molecule has 2 aromatic carbocycles. The molecular weight excluding hydrogens is 447 g/mol. The first-order valence-corrected chi connectivity index (χ1v) is 10.9. The van der Waals surface area contributed by atoms with Gasteiger partial charge in [-0.15, -0.1) is 6.58 Å². The molecule has 0 aliphatic heterocycles. The second-order valence-corrected chi connectivity index (χ2v) is 7.66. The molecule has 1 heterocycles. The molecule has 3 aromatic rings. The van der Waals surface area contributed by atoms with Gasteiger partial charge in [0, 0.05) is 22.9 Å². The number of furan rings is 1. The fraction of sp³-hybridized carbons (Fsp3) is 0.308. The number of aromatic hydroxyl groups is 1. The summed E-state index contributed by atoms with van der Waals surface area (Å²) in [4.78, 5) is 22.9. The first kappa shape index (κ1) is 27.5. The molecule has 0 unspecified atom stereocenters. The van der Waals surface area contributed by atoms with E-state index in [1.54, 1.807) is 30.3 Å².